The topological polar surface area (TPSA) is 88.3 Å². The van der Waals surface area contributed by atoms with Gasteiger partial charge in [-0.1, -0.05) is 53.1 Å². The standard InChI is InChI=1S/C17H19BrN4O3/c1-10(2)8-13-19-14(25-21-13)9-22-15(23)17(3,20-16(22)24)11-6-4-5-7-12(11)18/h4-7,10H,8-9H2,1-3H3,(H,20,24). The molecule has 25 heavy (non-hydrogen) atoms. The van der Waals surface area contributed by atoms with Gasteiger partial charge in [-0.2, -0.15) is 4.98 Å². The maximum absolute atomic E-state index is 12.9. The molecule has 1 aliphatic rings. The number of nitrogens with one attached hydrogen (secondary N) is 1. The van der Waals surface area contributed by atoms with Crippen molar-refractivity contribution in [2.24, 2.45) is 5.92 Å². The summed E-state index contributed by atoms with van der Waals surface area (Å²) in [6, 6.07) is 6.83. The van der Waals surface area contributed by atoms with E-state index >= 15 is 0 Å². The molecule has 1 saturated heterocycles. The first-order valence-electron chi connectivity index (χ1n) is 8.02. The molecule has 132 valence electrons. The molecule has 1 fully saturated rings. The highest BCUT2D eigenvalue weighted by molar-refractivity contribution is 9.10. The zero-order chi connectivity index (χ0) is 18.2. The normalized spacial score (nSPS) is 20.4. The van der Waals surface area contributed by atoms with Gasteiger partial charge in [-0.25, -0.2) is 4.79 Å². The van der Waals surface area contributed by atoms with Crippen LogP contribution < -0.4 is 5.32 Å². The fourth-order valence-corrected chi connectivity index (χ4v) is 3.51. The van der Waals surface area contributed by atoms with E-state index in [2.05, 4.69) is 45.2 Å². The van der Waals surface area contributed by atoms with Crippen molar-refractivity contribution in [1.29, 1.82) is 0 Å². The molecule has 1 aromatic heterocycles. The molecule has 7 nitrogen and oxygen atoms in total. The number of aromatic nitrogens is 2. The summed E-state index contributed by atoms with van der Waals surface area (Å²) in [6.07, 6.45) is 0.679. The predicted molar refractivity (Wildman–Crippen MR) is 93.4 cm³/mol. The Hall–Kier alpha value is -2.22. The Kier molecular flexibility index (Phi) is 4.64. The first-order valence-corrected chi connectivity index (χ1v) is 8.81. The molecule has 3 rings (SSSR count). The molecule has 0 saturated carbocycles. The summed E-state index contributed by atoms with van der Waals surface area (Å²) in [7, 11) is 0. The number of urea groups is 1. The molecule has 8 heteroatoms. The first kappa shape index (κ1) is 17.6. The van der Waals surface area contributed by atoms with E-state index in [0.717, 1.165) is 9.37 Å². The van der Waals surface area contributed by atoms with E-state index in [9.17, 15) is 9.59 Å². The van der Waals surface area contributed by atoms with E-state index < -0.39 is 11.6 Å². The van der Waals surface area contributed by atoms with Gasteiger partial charge in [-0.3, -0.25) is 9.69 Å². The summed E-state index contributed by atoms with van der Waals surface area (Å²) in [6.45, 7) is 5.74. The summed E-state index contributed by atoms with van der Waals surface area (Å²) in [4.78, 5) is 30.6. The third-order valence-electron chi connectivity index (χ3n) is 4.08. The van der Waals surface area contributed by atoms with Crippen molar-refractivity contribution >= 4 is 27.9 Å². The summed E-state index contributed by atoms with van der Waals surface area (Å²) in [5.41, 5.74) is -0.445. The summed E-state index contributed by atoms with van der Waals surface area (Å²) in [5, 5.41) is 6.66. The average molecular weight is 407 g/mol. The Morgan fingerprint density at radius 3 is 2.72 bits per heavy atom. The van der Waals surface area contributed by atoms with Crippen molar-refractivity contribution in [2.45, 2.75) is 39.3 Å². The molecule has 1 atom stereocenters. The van der Waals surface area contributed by atoms with E-state index in [1.54, 1.807) is 13.0 Å². The molecule has 1 aliphatic heterocycles. The van der Waals surface area contributed by atoms with E-state index in [0.29, 0.717) is 23.7 Å². The second-order valence-corrected chi connectivity index (χ2v) is 7.48. The molecule has 1 N–H and O–H groups in total. The van der Waals surface area contributed by atoms with E-state index in [-0.39, 0.29) is 18.3 Å². The third-order valence-corrected chi connectivity index (χ3v) is 4.77. The van der Waals surface area contributed by atoms with Crippen LogP contribution in [0.5, 0.6) is 0 Å². The lowest BCUT2D eigenvalue weighted by Gasteiger charge is -2.23. The highest BCUT2D eigenvalue weighted by Gasteiger charge is 2.50. The minimum atomic E-state index is -1.14. The van der Waals surface area contributed by atoms with Crippen LogP contribution >= 0.6 is 15.9 Å². The number of imide groups is 1. The van der Waals surface area contributed by atoms with Crippen LogP contribution in [0, 0.1) is 5.92 Å². The number of benzene rings is 1. The Morgan fingerprint density at radius 2 is 2.04 bits per heavy atom. The molecule has 2 heterocycles. The van der Waals surface area contributed by atoms with Gasteiger partial charge in [0, 0.05) is 16.5 Å². The van der Waals surface area contributed by atoms with Crippen molar-refractivity contribution in [3.63, 3.8) is 0 Å². The van der Waals surface area contributed by atoms with Gasteiger partial charge in [0.05, 0.1) is 0 Å². The van der Waals surface area contributed by atoms with Crippen LogP contribution in [0.1, 0.15) is 38.0 Å². The number of halogens is 1. The largest absolute Gasteiger partial charge is 0.337 e. The van der Waals surface area contributed by atoms with Gasteiger partial charge in [0.1, 0.15) is 12.1 Å². The third kappa shape index (κ3) is 3.30. The Morgan fingerprint density at radius 1 is 1.32 bits per heavy atom. The van der Waals surface area contributed by atoms with Crippen LogP contribution in [0.3, 0.4) is 0 Å². The summed E-state index contributed by atoms with van der Waals surface area (Å²) < 4.78 is 5.93. The summed E-state index contributed by atoms with van der Waals surface area (Å²) >= 11 is 3.44. The van der Waals surface area contributed by atoms with Crippen molar-refractivity contribution in [1.82, 2.24) is 20.4 Å². The summed E-state index contributed by atoms with van der Waals surface area (Å²) in [5.74, 6) is 0.857. The fraction of sp³-hybridized carbons (Fsp3) is 0.412. The van der Waals surface area contributed by atoms with Gasteiger partial charge in [-0.15, -0.1) is 0 Å². The molecule has 0 radical (unpaired) electrons. The molecule has 1 unspecified atom stereocenters. The Labute approximate surface area is 153 Å². The number of carbonyl (C=O) groups excluding carboxylic acids is 2. The lowest BCUT2D eigenvalue weighted by atomic mass is 9.92. The van der Waals surface area contributed by atoms with Gasteiger partial charge in [0.15, 0.2) is 5.82 Å². The fourth-order valence-electron chi connectivity index (χ4n) is 2.83. The molecular formula is C17H19BrN4O3. The highest BCUT2D eigenvalue weighted by Crippen LogP contribution is 2.34. The van der Waals surface area contributed by atoms with E-state index in [1.807, 2.05) is 18.2 Å². The lowest BCUT2D eigenvalue weighted by Crippen LogP contribution is -2.41. The average Bonchev–Trinajstić information content (AvgIpc) is 3.06. The molecular weight excluding hydrogens is 388 g/mol. The van der Waals surface area contributed by atoms with Crippen molar-refractivity contribution < 1.29 is 14.1 Å². The molecule has 2 aromatic rings. The van der Waals surface area contributed by atoms with Crippen LogP contribution in [0.2, 0.25) is 0 Å². The first-order chi connectivity index (χ1) is 11.8. The monoisotopic (exact) mass is 406 g/mol. The van der Waals surface area contributed by atoms with Crippen molar-refractivity contribution in [3.8, 4) is 0 Å². The highest BCUT2D eigenvalue weighted by atomic mass is 79.9. The smallest absolute Gasteiger partial charge is 0.325 e. The maximum Gasteiger partial charge on any atom is 0.325 e. The number of nitrogens with zero attached hydrogens (tertiary/aromatic N) is 3. The minimum Gasteiger partial charge on any atom is -0.337 e. The van der Waals surface area contributed by atoms with Gasteiger partial charge in [0.25, 0.3) is 5.91 Å². The number of rotatable bonds is 5. The molecule has 1 aromatic carbocycles. The van der Waals surface area contributed by atoms with E-state index in [1.165, 1.54) is 0 Å². The van der Waals surface area contributed by atoms with E-state index in [4.69, 9.17) is 4.52 Å². The number of hydrogen-bond acceptors (Lipinski definition) is 5. The van der Waals surface area contributed by atoms with Crippen LogP contribution in [-0.2, 0) is 23.3 Å². The molecule has 0 spiro atoms. The van der Waals surface area contributed by atoms with Crippen LogP contribution in [0.4, 0.5) is 4.79 Å². The SMILES string of the molecule is CC(C)Cc1noc(CN2C(=O)NC(C)(c3ccccc3Br)C2=O)n1. The van der Waals surface area contributed by atoms with Crippen LogP contribution in [0.25, 0.3) is 0 Å². The predicted octanol–water partition coefficient (Wildman–Crippen LogP) is 3.00. The zero-order valence-corrected chi connectivity index (χ0v) is 15.8. The number of amides is 3. The quantitative estimate of drug-likeness (QED) is 0.770. The number of hydrogen-bond donors (Lipinski definition) is 1. The van der Waals surface area contributed by atoms with Gasteiger partial charge >= 0.3 is 6.03 Å². The lowest BCUT2D eigenvalue weighted by molar-refractivity contribution is -0.131. The zero-order valence-electron chi connectivity index (χ0n) is 14.2. The van der Waals surface area contributed by atoms with Gasteiger partial charge < -0.3 is 9.84 Å². The van der Waals surface area contributed by atoms with Crippen molar-refractivity contribution in [2.75, 3.05) is 0 Å². The molecule has 0 aliphatic carbocycles. The molecule has 3 amide bonds. The second kappa shape index (κ2) is 6.59. The van der Waals surface area contributed by atoms with Crippen LogP contribution in [0.15, 0.2) is 33.3 Å². The molecule has 0 bridgehead atoms. The van der Waals surface area contributed by atoms with Crippen molar-refractivity contribution in [3.05, 3.63) is 46.0 Å². The van der Waals surface area contributed by atoms with Crippen LogP contribution in [-0.4, -0.2) is 27.0 Å². The maximum atomic E-state index is 12.9. The number of carbonyl (C=O) groups is 2. The Balaban J connectivity index is 1.82. The van der Waals surface area contributed by atoms with Gasteiger partial charge in [-0.05, 0) is 18.9 Å². The second-order valence-electron chi connectivity index (χ2n) is 6.63. The Bertz CT molecular complexity index is 820. The van der Waals surface area contributed by atoms with Gasteiger partial charge in [0.2, 0.25) is 5.89 Å². The minimum absolute atomic E-state index is 0.0458.